The van der Waals surface area contributed by atoms with E-state index < -0.39 is 0 Å². The van der Waals surface area contributed by atoms with Gasteiger partial charge in [0.1, 0.15) is 0 Å². The Morgan fingerprint density at radius 2 is 1.68 bits per heavy atom. The number of ether oxygens (including phenoxy) is 2. The standard InChI is InChI=1S/C18H28N4O3/c1-19-5-4-18(23)20-16-3-2-15(21-6-10-24-11-7-21)14-17(16)22-8-12-25-13-9-22/h2-3,14,19H,4-13H2,1H3,(H,20,23). The van der Waals surface area contributed by atoms with Gasteiger partial charge in [-0.1, -0.05) is 0 Å². The number of hydrogen-bond donors (Lipinski definition) is 2. The molecule has 0 spiro atoms. The zero-order chi connectivity index (χ0) is 17.5. The van der Waals surface area contributed by atoms with Gasteiger partial charge in [0.05, 0.1) is 37.8 Å². The molecule has 1 amide bonds. The minimum Gasteiger partial charge on any atom is -0.378 e. The normalized spacial score (nSPS) is 18.3. The molecule has 0 saturated carbocycles. The molecule has 3 rings (SSSR count). The van der Waals surface area contributed by atoms with Crippen LogP contribution in [0.4, 0.5) is 17.1 Å². The third-order valence-corrected chi connectivity index (χ3v) is 4.59. The van der Waals surface area contributed by atoms with Gasteiger partial charge >= 0.3 is 0 Å². The van der Waals surface area contributed by atoms with Gasteiger partial charge in [0.15, 0.2) is 0 Å². The number of nitrogens with zero attached hydrogens (tertiary/aromatic N) is 2. The largest absolute Gasteiger partial charge is 0.378 e. The van der Waals surface area contributed by atoms with E-state index in [4.69, 9.17) is 9.47 Å². The average molecular weight is 348 g/mol. The van der Waals surface area contributed by atoms with E-state index in [1.807, 2.05) is 13.1 Å². The summed E-state index contributed by atoms with van der Waals surface area (Å²) in [4.78, 5) is 16.8. The first-order valence-corrected chi connectivity index (χ1v) is 9.02. The highest BCUT2D eigenvalue weighted by Crippen LogP contribution is 2.32. The molecule has 0 radical (unpaired) electrons. The van der Waals surface area contributed by atoms with Gasteiger partial charge in [-0.05, 0) is 25.2 Å². The summed E-state index contributed by atoms with van der Waals surface area (Å²) in [6, 6.07) is 6.29. The number of morpholine rings is 2. The number of benzene rings is 1. The molecule has 2 fully saturated rings. The third-order valence-electron chi connectivity index (χ3n) is 4.59. The second-order valence-electron chi connectivity index (χ2n) is 6.30. The fourth-order valence-electron chi connectivity index (χ4n) is 3.16. The lowest BCUT2D eigenvalue weighted by Crippen LogP contribution is -2.38. The van der Waals surface area contributed by atoms with E-state index in [9.17, 15) is 4.79 Å². The van der Waals surface area contributed by atoms with E-state index in [-0.39, 0.29) is 5.91 Å². The monoisotopic (exact) mass is 348 g/mol. The lowest BCUT2D eigenvalue weighted by Gasteiger charge is -2.33. The van der Waals surface area contributed by atoms with Crippen molar-refractivity contribution < 1.29 is 14.3 Å². The quantitative estimate of drug-likeness (QED) is 0.797. The Labute approximate surface area is 149 Å². The topological polar surface area (TPSA) is 66.1 Å². The van der Waals surface area contributed by atoms with Crippen LogP contribution in [0.3, 0.4) is 0 Å². The van der Waals surface area contributed by atoms with E-state index in [0.717, 1.165) is 64.0 Å². The third kappa shape index (κ3) is 4.84. The number of nitrogens with one attached hydrogen (secondary N) is 2. The molecule has 25 heavy (non-hydrogen) atoms. The van der Waals surface area contributed by atoms with Crippen molar-refractivity contribution in [1.82, 2.24) is 5.32 Å². The van der Waals surface area contributed by atoms with Crippen molar-refractivity contribution in [2.75, 3.05) is 81.3 Å². The van der Waals surface area contributed by atoms with Crippen LogP contribution in [0, 0.1) is 0 Å². The van der Waals surface area contributed by atoms with Gasteiger partial charge in [0, 0.05) is 44.8 Å². The molecule has 0 aliphatic carbocycles. The Kier molecular flexibility index (Phi) is 6.49. The molecular formula is C18H28N4O3. The van der Waals surface area contributed by atoms with Crippen LogP contribution in [0.25, 0.3) is 0 Å². The first-order chi connectivity index (χ1) is 12.3. The first kappa shape index (κ1) is 18.0. The maximum absolute atomic E-state index is 12.2. The summed E-state index contributed by atoms with van der Waals surface area (Å²) >= 11 is 0. The first-order valence-electron chi connectivity index (χ1n) is 9.02. The van der Waals surface area contributed by atoms with Crippen molar-refractivity contribution in [3.8, 4) is 0 Å². The zero-order valence-electron chi connectivity index (χ0n) is 14.9. The van der Waals surface area contributed by atoms with Gasteiger partial charge in [-0.15, -0.1) is 0 Å². The highest BCUT2D eigenvalue weighted by Gasteiger charge is 2.19. The van der Waals surface area contributed by atoms with Crippen LogP contribution in [0.15, 0.2) is 18.2 Å². The molecule has 7 heteroatoms. The molecule has 2 heterocycles. The highest BCUT2D eigenvalue weighted by molar-refractivity contribution is 5.95. The molecular weight excluding hydrogens is 320 g/mol. The minimum absolute atomic E-state index is 0.0305. The zero-order valence-corrected chi connectivity index (χ0v) is 14.9. The van der Waals surface area contributed by atoms with Gasteiger partial charge in [-0.3, -0.25) is 4.79 Å². The molecule has 2 saturated heterocycles. The number of hydrogen-bond acceptors (Lipinski definition) is 6. The Morgan fingerprint density at radius 3 is 2.32 bits per heavy atom. The average Bonchev–Trinajstić information content (AvgIpc) is 2.68. The van der Waals surface area contributed by atoms with Crippen molar-refractivity contribution in [2.45, 2.75) is 6.42 Å². The van der Waals surface area contributed by atoms with Crippen LogP contribution in [-0.4, -0.2) is 72.1 Å². The number of amides is 1. The van der Waals surface area contributed by atoms with Crippen molar-refractivity contribution in [3.63, 3.8) is 0 Å². The summed E-state index contributed by atoms with van der Waals surface area (Å²) in [5, 5.41) is 6.08. The van der Waals surface area contributed by atoms with Crippen molar-refractivity contribution in [2.24, 2.45) is 0 Å². The van der Waals surface area contributed by atoms with E-state index in [1.165, 1.54) is 5.69 Å². The fraction of sp³-hybridized carbons (Fsp3) is 0.611. The predicted molar refractivity (Wildman–Crippen MR) is 99.7 cm³/mol. The van der Waals surface area contributed by atoms with E-state index in [2.05, 4.69) is 32.6 Å². The summed E-state index contributed by atoms with van der Waals surface area (Å²) in [6.45, 7) is 7.10. The lowest BCUT2D eigenvalue weighted by atomic mass is 10.1. The Morgan fingerprint density at radius 1 is 1.04 bits per heavy atom. The second kappa shape index (κ2) is 9.03. The van der Waals surface area contributed by atoms with Crippen LogP contribution in [0.5, 0.6) is 0 Å². The van der Waals surface area contributed by atoms with Crippen molar-refractivity contribution >= 4 is 23.0 Å². The minimum atomic E-state index is 0.0305. The number of anilines is 3. The maximum Gasteiger partial charge on any atom is 0.225 e. The van der Waals surface area contributed by atoms with E-state index in [1.54, 1.807) is 0 Å². The molecule has 1 aromatic carbocycles. The number of carbonyl (C=O) groups excluding carboxylic acids is 1. The molecule has 7 nitrogen and oxygen atoms in total. The van der Waals surface area contributed by atoms with Crippen LogP contribution >= 0.6 is 0 Å². The SMILES string of the molecule is CNCCC(=O)Nc1ccc(N2CCOCC2)cc1N1CCOCC1. The number of rotatable bonds is 6. The second-order valence-corrected chi connectivity index (χ2v) is 6.30. The molecule has 0 bridgehead atoms. The molecule has 138 valence electrons. The molecule has 2 aliphatic heterocycles. The molecule has 0 unspecified atom stereocenters. The Bertz CT molecular complexity index is 569. The van der Waals surface area contributed by atoms with E-state index >= 15 is 0 Å². The summed E-state index contributed by atoms with van der Waals surface area (Å²) in [5.74, 6) is 0.0305. The van der Waals surface area contributed by atoms with Crippen molar-refractivity contribution in [3.05, 3.63) is 18.2 Å². The van der Waals surface area contributed by atoms with Crippen LogP contribution in [-0.2, 0) is 14.3 Å². The van der Waals surface area contributed by atoms with Crippen LogP contribution < -0.4 is 20.4 Å². The Balaban J connectivity index is 1.80. The van der Waals surface area contributed by atoms with Crippen molar-refractivity contribution in [1.29, 1.82) is 0 Å². The molecule has 2 aliphatic rings. The number of carbonyl (C=O) groups is 1. The lowest BCUT2D eigenvalue weighted by molar-refractivity contribution is -0.116. The summed E-state index contributed by atoms with van der Waals surface area (Å²) in [6.07, 6.45) is 0.463. The van der Waals surface area contributed by atoms with Gasteiger partial charge in [-0.2, -0.15) is 0 Å². The summed E-state index contributed by atoms with van der Waals surface area (Å²) in [7, 11) is 1.85. The highest BCUT2D eigenvalue weighted by atomic mass is 16.5. The van der Waals surface area contributed by atoms with E-state index in [0.29, 0.717) is 13.0 Å². The predicted octanol–water partition coefficient (Wildman–Crippen LogP) is 0.908. The van der Waals surface area contributed by atoms with Crippen LogP contribution in [0.2, 0.25) is 0 Å². The Hall–Kier alpha value is -1.83. The van der Waals surface area contributed by atoms with Gasteiger partial charge in [0.25, 0.3) is 0 Å². The molecule has 2 N–H and O–H groups in total. The van der Waals surface area contributed by atoms with Gasteiger partial charge < -0.3 is 29.9 Å². The summed E-state index contributed by atoms with van der Waals surface area (Å²) in [5.41, 5.74) is 3.13. The molecule has 0 atom stereocenters. The smallest absolute Gasteiger partial charge is 0.225 e. The maximum atomic E-state index is 12.2. The fourth-order valence-corrected chi connectivity index (χ4v) is 3.16. The van der Waals surface area contributed by atoms with Crippen LogP contribution in [0.1, 0.15) is 6.42 Å². The molecule has 0 aromatic heterocycles. The molecule has 1 aromatic rings. The van der Waals surface area contributed by atoms with Gasteiger partial charge in [-0.25, -0.2) is 0 Å². The van der Waals surface area contributed by atoms with Gasteiger partial charge in [0.2, 0.25) is 5.91 Å². The summed E-state index contributed by atoms with van der Waals surface area (Å²) < 4.78 is 10.9.